The van der Waals surface area contributed by atoms with E-state index >= 15 is 0 Å². The van der Waals surface area contributed by atoms with Crippen molar-refractivity contribution in [3.05, 3.63) is 59.9 Å². The molecule has 0 aliphatic carbocycles. The van der Waals surface area contributed by atoms with Gasteiger partial charge in [-0.1, -0.05) is 17.3 Å². The number of benzene rings is 1. The van der Waals surface area contributed by atoms with Gasteiger partial charge in [0.15, 0.2) is 5.82 Å². The van der Waals surface area contributed by atoms with Crippen molar-refractivity contribution in [2.45, 2.75) is 6.42 Å². The molecule has 0 saturated carbocycles. The lowest BCUT2D eigenvalue weighted by atomic mass is 10.1. The topological polar surface area (TPSA) is 77.8 Å². The van der Waals surface area contributed by atoms with Crippen molar-refractivity contribution in [3.8, 4) is 11.5 Å². The maximum atomic E-state index is 13.8. The van der Waals surface area contributed by atoms with Gasteiger partial charge < -0.3 is 10.3 Å². The molecule has 0 saturated heterocycles. The fourth-order valence-corrected chi connectivity index (χ4v) is 1.88. The highest BCUT2D eigenvalue weighted by molar-refractivity contribution is 5.70. The fraction of sp³-hybridized carbons (Fsp3) is 0.0714. The molecular weight excluding hydrogens is 259 g/mol. The summed E-state index contributed by atoms with van der Waals surface area (Å²) >= 11 is 0. The summed E-state index contributed by atoms with van der Waals surface area (Å²) in [5.41, 5.74) is 7.09. The van der Waals surface area contributed by atoms with Crippen molar-refractivity contribution in [2.75, 3.05) is 5.73 Å². The van der Waals surface area contributed by atoms with E-state index in [0.29, 0.717) is 12.2 Å². The Bertz CT molecular complexity index is 707. The van der Waals surface area contributed by atoms with Gasteiger partial charge in [0.05, 0.1) is 5.56 Å². The molecule has 3 rings (SSSR count). The summed E-state index contributed by atoms with van der Waals surface area (Å²) in [5, 5.41) is 3.83. The zero-order chi connectivity index (χ0) is 13.9. The third-order valence-electron chi connectivity index (χ3n) is 2.81. The fourth-order valence-electron chi connectivity index (χ4n) is 1.88. The van der Waals surface area contributed by atoms with Gasteiger partial charge in [0.1, 0.15) is 5.82 Å². The minimum atomic E-state index is -0.485. The van der Waals surface area contributed by atoms with Gasteiger partial charge in [-0.25, -0.2) is 4.39 Å². The SMILES string of the molecule is Nc1cccc(F)c1-c1nc(Cc2cccnc2)no1. The number of hydrogen-bond donors (Lipinski definition) is 1. The van der Waals surface area contributed by atoms with Crippen molar-refractivity contribution in [3.63, 3.8) is 0 Å². The monoisotopic (exact) mass is 270 g/mol. The Morgan fingerprint density at radius 2 is 2.10 bits per heavy atom. The van der Waals surface area contributed by atoms with Gasteiger partial charge in [0.25, 0.3) is 5.89 Å². The summed E-state index contributed by atoms with van der Waals surface area (Å²) in [6.45, 7) is 0. The normalized spacial score (nSPS) is 10.7. The largest absolute Gasteiger partial charge is 0.398 e. The van der Waals surface area contributed by atoms with Crippen LogP contribution in [0, 0.1) is 5.82 Å². The summed E-state index contributed by atoms with van der Waals surface area (Å²) in [7, 11) is 0. The van der Waals surface area contributed by atoms with E-state index in [-0.39, 0.29) is 17.1 Å². The van der Waals surface area contributed by atoms with Gasteiger partial charge in [-0.2, -0.15) is 4.98 Å². The molecule has 6 heteroatoms. The maximum Gasteiger partial charge on any atom is 0.263 e. The van der Waals surface area contributed by atoms with E-state index in [1.807, 2.05) is 12.1 Å². The summed E-state index contributed by atoms with van der Waals surface area (Å²) in [6.07, 6.45) is 3.87. The standard InChI is InChI=1S/C14H11FN4O/c15-10-4-1-5-11(16)13(10)14-18-12(19-20-14)7-9-3-2-6-17-8-9/h1-6,8H,7,16H2. The lowest BCUT2D eigenvalue weighted by Crippen LogP contribution is -1.94. The predicted octanol–water partition coefficient (Wildman–Crippen LogP) is 2.44. The molecule has 20 heavy (non-hydrogen) atoms. The summed E-state index contributed by atoms with van der Waals surface area (Å²) in [6, 6.07) is 8.15. The van der Waals surface area contributed by atoms with Crippen LogP contribution in [0.4, 0.5) is 10.1 Å². The van der Waals surface area contributed by atoms with Gasteiger partial charge in [-0.05, 0) is 23.8 Å². The van der Waals surface area contributed by atoms with Crippen LogP contribution in [-0.2, 0) is 6.42 Å². The van der Waals surface area contributed by atoms with Gasteiger partial charge in [-0.3, -0.25) is 4.98 Å². The molecule has 2 N–H and O–H groups in total. The van der Waals surface area contributed by atoms with Crippen molar-refractivity contribution in [1.82, 2.24) is 15.1 Å². The highest BCUT2D eigenvalue weighted by Gasteiger charge is 2.16. The number of nitrogen functional groups attached to an aromatic ring is 1. The van der Waals surface area contributed by atoms with Crippen LogP contribution in [0.1, 0.15) is 11.4 Å². The Hall–Kier alpha value is -2.76. The quantitative estimate of drug-likeness (QED) is 0.739. The van der Waals surface area contributed by atoms with Gasteiger partial charge in [0.2, 0.25) is 0 Å². The lowest BCUT2D eigenvalue weighted by Gasteiger charge is -2.00. The predicted molar refractivity (Wildman–Crippen MR) is 71.1 cm³/mol. The van der Waals surface area contributed by atoms with Crippen molar-refractivity contribution in [2.24, 2.45) is 0 Å². The van der Waals surface area contributed by atoms with E-state index in [2.05, 4.69) is 15.1 Å². The third kappa shape index (κ3) is 2.35. The van der Waals surface area contributed by atoms with Crippen molar-refractivity contribution < 1.29 is 8.91 Å². The Morgan fingerprint density at radius 3 is 2.85 bits per heavy atom. The first-order valence-electron chi connectivity index (χ1n) is 6.00. The van der Waals surface area contributed by atoms with Gasteiger partial charge in [0, 0.05) is 24.5 Å². The van der Waals surface area contributed by atoms with Crippen LogP contribution in [0.25, 0.3) is 11.5 Å². The molecule has 0 unspecified atom stereocenters. The number of anilines is 1. The molecule has 3 aromatic rings. The van der Waals surface area contributed by atoms with E-state index in [0.717, 1.165) is 5.56 Å². The summed E-state index contributed by atoms with van der Waals surface area (Å²) < 4.78 is 18.8. The Morgan fingerprint density at radius 1 is 1.20 bits per heavy atom. The van der Waals surface area contributed by atoms with Crippen LogP contribution in [0.3, 0.4) is 0 Å². The first-order chi connectivity index (χ1) is 9.74. The van der Waals surface area contributed by atoms with E-state index in [9.17, 15) is 4.39 Å². The van der Waals surface area contributed by atoms with Crippen LogP contribution in [0.2, 0.25) is 0 Å². The van der Waals surface area contributed by atoms with Crippen LogP contribution in [-0.4, -0.2) is 15.1 Å². The first kappa shape index (κ1) is 12.3. The molecule has 0 spiro atoms. The molecule has 0 atom stereocenters. The molecule has 100 valence electrons. The highest BCUT2D eigenvalue weighted by Crippen LogP contribution is 2.27. The molecule has 0 amide bonds. The zero-order valence-electron chi connectivity index (χ0n) is 10.5. The van der Waals surface area contributed by atoms with Gasteiger partial charge >= 0.3 is 0 Å². The number of nitrogens with zero attached hydrogens (tertiary/aromatic N) is 3. The smallest absolute Gasteiger partial charge is 0.263 e. The first-order valence-corrected chi connectivity index (χ1v) is 6.00. The molecular formula is C14H11FN4O. The van der Waals surface area contributed by atoms with Crippen molar-refractivity contribution >= 4 is 5.69 Å². The maximum absolute atomic E-state index is 13.8. The second-order valence-corrected chi connectivity index (χ2v) is 4.26. The third-order valence-corrected chi connectivity index (χ3v) is 2.81. The molecule has 0 aliphatic heterocycles. The van der Waals surface area contributed by atoms with E-state index in [4.69, 9.17) is 10.3 Å². The number of aromatic nitrogens is 3. The van der Waals surface area contributed by atoms with Crippen molar-refractivity contribution in [1.29, 1.82) is 0 Å². The Labute approximate surface area is 114 Å². The van der Waals surface area contributed by atoms with Crippen LogP contribution in [0.15, 0.2) is 47.2 Å². The second kappa shape index (κ2) is 5.08. The van der Waals surface area contributed by atoms with Crippen LogP contribution < -0.4 is 5.73 Å². The van der Waals surface area contributed by atoms with E-state index < -0.39 is 5.82 Å². The molecule has 2 heterocycles. The minimum absolute atomic E-state index is 0.0829. The van der Waals surface area contributed by atoms with E-state index in [1.54, 1.807) is 18.5 Å². The number of nitrogens with two attached hydrogens (primary N) is 1. The molecule has 1 aromatic carbocycles. The number of halogens is 1. The number of rotatable bonds is 3. The summed E-state index contributed by atoms with van der Waals surface area (Å²) in [5.74, 6) is 0.0525. The molecule has 2 aromatic heterocycles. The molecule has 0 radical (unpaired) electrons. The second-order valence-electron chi connectivity index (χ2n) is 4.26. The molecule has 0 aliphatic rings. The van der Waals surface area contributed by atoms with Crippen LogP contribution in [0.5, 0.6) is 0 Å². The average molecular weight is 270 g/mol. The lowest BCUT2D eigenvalue weighted by molar-refractivity contribution is 0.422. The zero-order valence-corrected chi connectivity index (χ0v) is 10.5. The number of hydrogen-bond acceptors (Lipinski definition) is 5. The van der Waals surface area contributed by atoms with E-state index in [1.165, 1.54) is 12.1 Å². The Balaban J connectivity index is 1.91. The number of pyridine rings is 1. The summed E-state index contributed by atoms with van der Waals surface area (Å²) in [4.78, 5) is 8.18. The molecule has 0 bridgehead atoms. The minimum Gasteiger partial charge on any atom is -0.398 e. The average Bonchev–Trinajstić information content (AvgIpc) is 2.88. The Kier molecular flexibility index (Phi) is 3.12. The highest BCUT2D eigenvalue weighted by atomic mass is 19.1. The van der Waals surface area contributed by atoms with Crippen LogP contribution >= 0.6 is 0 Å². The molecule has 5 nitrogen and oxygen atoms in total. The van der Waals surface area contributed by atoms with Gasteiger partial charge in [-0.15, -0.1) is 0 Å². The molecule has 0 fully saturated rings.